The zero-order chi connectivity index (χ0) is 21.3. The van der Waals surface area contributed by atoms with Crippen molar-refractivity contribution in [3.63, 3.8) is 0 Å². The highest BCUT2D eigenvalue weighted by Gasteiger charge is 2.27. The lowest BCUT2D eigenvalue weighted by Gasteiger charge is -2.20. The Hall–Kier alpha value is -2.71. The maximum atomic E-state index is 12.9. The minimum atomic E-state index is -3.49. The van der Waals surface area contributed by atoms with E-state index in [0.29, 0.717) is 24.5 Å². The molecule has 8 heteroatoms. The van der Waals surface area contributed by atoms with Crippen LogP contribution in [0.5, 0.6) is 0 Å². The van der Waals surface area contributed by atoms with Gasteiger partial charge in [0.25, 0.3) is 5.91 Å². The van der Waals surface area contributed by atoms with Gasteiger partial charge in [-0.2, -0.15) is 4.31 Å². The number of imidazole rings is 1. The maximum Gasteiger partial charge on any atom is 0.251 e. The smallest absolute Gasteiger partial charge is 0.251 e. The number of carbonyl (C=O) groups excluding carboxylic acids is 1. The van der Waals surface area contributed by atoms with Crippen molar-refractivity contribution in [2.45, 2.75) is 37.6 Å². The molecule has 1 fully saturated rings. The van der Waals surface area contributed by atoms with Crippen LogP contribution >= 0.6 is 0 Å². The Morgan fingerprint density at radius 3 is 2.37 bits per heavy atom. The van der Waals surface area contributed by atoms with E-state index in [0.717, 1.165) is 23.9 Å². The molecule has 2 heterocycles. The van der Waals surface area contributed by atoms with Crippen molar-refractivity contribution in [2.75, 3.05) is 13.1 Å². The van der Waals surface area contributed by atoms with Gasteiger partial charge in [-0.05, 0) is 55.2 Å². The summed E-state index contributed by atoms with van der Waals surface area (Å²) in [6.45, 7) is 5.14. The number of sulfonamides is 1. The first-order valence-electron chi connectivity index (χ1n) is 10.2. The van der Waals surface area contributed by atoms with E-state index in [1.165, 1.54) is 16.4 Å². The number of H-pyrrole nitrogens is 1. The van der Waals surface area contributed by atoms with Crippen LogP contribution in [0.15, 0.2) is 53.4 Å². The molecule has 1 aromatic heterocycles. The summed E-state index contributed by atoms with van der Waals surface area (Å²) < 4.78 is 26.8. The standard InChI is InChI=1S/C22H26N4O3S/c1-15(2)20(21-23-18-7-3-4-8-19(18)24-21)25-22(27)16-9-11-17(12-10-16)30(28,29)26-13-5-6-14-26/h3-4,7-12,15,20H,5-6,13-14H2,1-2H3,(H,23,24)(H,25,27). The monoisotopic (exact) mass is 426 g/mol. The molecule has 1 saturated heterocycles. The number of aromatic nitrogens is 2. The van der Waals surface area contributed by atoms with Crippen molar-refractivity contribution in [2.24, 2.45) is 5.92 Å². The molecular weight excluding hydrogens is 400 g/mol. The second-order valence-corrected chi connectivity index (χ2v) is 9.91. The Balaban J connectivity index is 1.53. The third-order valence-corrected chi connectivity index (χ3v) is 7.39. The Morgan fingerprint density at radius 1 is 1.07 bits per heavy atom. The van der Waals surface area contributed by atoms with E-state index < -0.39 is 10.0 Å². The van der Waals surface area contributed by atoms with Crippen LogP contribution in [-0.2, 0) is 10.0 Å². The first-order valence-corrected chi connectivity index (χ1v) is 11.7. The van der Waals surface area contributed by atoms with Crippen molar-refractivity contribution in [3.8, 4) is 0 Å². The minimum absolute atomic E-state index is 0.115. The summed E-state index contributed by atoms with van der Waals surface area (Å²) in [6.07, 6.45) is 1.77. The fraction of sp³-hybridized carbons (Fsp3) is 0.364. The average molecular weight is 427 g/mol. The summed E-state index contributed by atoms with van der Waals surface area (Å²) in [7, 11) is -3.49. The van der Waals surface area contributed by atoms with E-state index >= 15 is 0 Å². The lowest BCUT2D eigenvalue weighted by molar-refractivity contribution is 0.0923. The van der Waals surface area contributed by atoms with Crippen LogP contribution in [0.2, 0.25) is 0 Å². The van der Waals surface area contributed by atoms with Gasteiger partial charge in [0.2, 0.25) is 10.0 Å². The molecule has 3 aromatic rings. The van der Waals surface area contributed by atoms with Crippen LogP contribution in [0, 0.1) is 5.92 Å². The number of fused-ring (bicyclic) bond motifs is 1. The van der Waals surface area contributed by atoms with Gasteiger partial charge in [0.15, 0.2) is 0 Å². The molecule has 1 amide bonds. The summed E-state index contributed by atoms with van der Waals surface area (Å²) in [4.78, 5) is 21.0. The molecule has 1 unspecified atom stereocenters. The molecule has 2 N–H and O–H groups in total. The largest absolute Gasteiger partial charge is 0.342 e. The van der Waals surface area contributed by atoms with Gasteiger partial charge < -0.3 is 10.3 Å². The normalized spacial score (nSPS) is 16.2. The fourth-order valence-electron chi connectivity index (χ4n) is 3.75. The molecule has 0 aliphatic carbocycles. The Kier molecular flexibility index (Phi) is 5.62. The van der Waals surface area contributed by atoms with Crippen molar-refractivity contribution in [1.29, 1.82) is 0 Å². The Labute approximate surface area is 176 Å². The number of hydrogen-bond acceptors (Lipinski definition) is 4. The summed E-state index contributed by atoms with van der Waals surface area (Å²) in [5, 5.41) is 3.03. The molecule has 2 aromatic carbocycles. The lowest BCUT2D eigenvalue weighted by atomic mass is 10.0. The number of rotatable bonds is 6. The Bertz CT molecular complexity index is 1110. The topological polar surface area (TPSA) is 95.2 Å². The molecule has 1 aliphatic rings. The molecule has 0 bridgehead atoms. The molecule has 0 spiro atoms. The number of amides is 1. The molecule has 0 radical (unpaired) electrons. The van der Waals surface area contributed by atoms with Crippen molar-refractivity contribution < 1.29 is 13.2 Å². The average Bonchev–Trinajstić information content (AvgIpc) is 3.41. The van der Waals surface area contributed by atoms with Crippen LogP contribution in [-0.4, -0.2) is 41.7 Å². The van der Waals surface area contributed by atoms with Gasteiger partial charge in [0.05, 0.1) is 22.0 Å². The molecule has 30 heavy (non-hydrogen) atoms. The number of benzene rings is 2. The van der Waals surface area contributed by atoms with Crippen LogP contribution in [0.4, 0.5) is 0 Å². The first-order chi connectivity index (χ1) is 14.4. The first kappa shape index (κ1) is 20.6. The van der Waals surface area contributed by atoms with E-state index in [4.69, 9.17) is 0 Å². The molecule has 4 rings (SSSR count). The van der Waals surface area contributed by atoms with E-state index in [-0.39, 0.29) is 22.8 Å². The van der Waals surface area contributed by atoms with Gasteiger partial charge in [-0.25, -0.2) is 13.4 Å². The summed E-state index contributed by atoms with van der Waals surface area (Å²) in [5.74, 6) is 0.552. The Morgan fingerprint density at radius 2 is 1.73 bits per heavy atom. The SMILES string of the molecule is CC(C)C(NC(=O)c1ccc(S(=O)(=O)N2CCCC2)cc1)c1nc2ccccc2[nH]1. The van der Waals surface area contributed by atoms with Gasteiger partial charge in [-0.3, -0.25) is 4.79 Å². The van der Waals surface area contributed by atoms with Crippen molar-refractivity contribution in [3.05, 3.63) is 59.9 Å². The highest BCUT2D eigenvalue weighted by molar-refractivity contribution is 7.89. The number of nitrogens with one attached hydrogen (secondary N) is 2. The molecule has 158 valence electrons. The number of hydrogen-bond donors (Lipinski definition) is 2. The molecule has 7 nitrogen and oxygen atoms in total. The number of para-hydroxylation sites is 2. The van der Waals surface area contributed by atoms with Crippen LogP contribution in [0.3, 0.4) is 0 Å². The summed E-state index contributed by atoms with van der Waals surface area (Å²) >= 11 is 0. The van der Waals surface area contributed by atoms with Crippen LogP contribution < -0.4 is 5.32 Å². The second kappa shape index (κ2) is 8.20. The molecule has 1 atom stereocenters. The minimum Gasteiger partial charge on any atom is -0.342 e. The van der Waals surface area contributed by atoms with E-state index in [2.05, 4.69) is 15.3 Å². The van der Waals surface area contributed by atoms with Gasteiger partial charge in [0, 0.05) is 18.7 Å². The highest BCUT2D eigenvalue weighted by Crippen LogP contribution is 2.24. The second-order valence-electron chi connectivity index (χ2n) is 7.97. The maximum absolute atomic E-state index is 12.9. The van der Waals surface area contributed by atoms with E-state index in [1.54, 1.807) is 12.1 Å². The fourth-order valence-corrected chi connectivity index (χ4v) is 5.27. The number of carbonyl (C=O) groups is 1. The van der Waals surface area contributed by atoms with E-state index in [9.17, 15) is 13.2 Å². The third kappa shape index (κ3) is 3.97. The summed E-state index contributed by atoms with van der Waals surface area (Å²) in [6, 6.07) is 13.6. The summed E-state index contributed by atoms with van der Waals surface area (Å²) in [5.41, 5.74) is 2.19. The number of nitrogens with zero attached hydrogens (tertiary/aromatic N) is 2. The highest BCUT2D eigenvalue weighted by atomic mass is 32.2. The predicted molar refractivity (Wildman–Crippen MR) is 116 cm³/mol. The van der Waals surface area contributed by atoms with Gasteiger partial charge in [0.1, 0.15) is 5.82 Å². The van der Waals surface area contributed by atoms with Crippen LogP contribution in [0.1, 0.15) is 48.9 Å². The van der Waals surface area contributed by atoms with Gasteiger partial charge in [-0.1, -0.05) is 26.0 Å². The zero-order valence-corrected chi connectivity index (χ0v) is 17.9. The van der Waals surface area contributed by atoms with Gasteiger partial charge in [-0.15, -0.1) is 0 Å². The molecule has 0 saturated carbocycles. The lowest BCUT2D eigenvalue weighted by Crippen LogP contribution is -2.32. The predicted octanol–water partition coefficient (Wildman–Crippen LogP) is 3.47. The zero-order valence-electron chi connectivity index (χ0n) is 17.1. The quantitative estimate of drug-likeness (QED) is 0.631. The molecule has 1 aliphatic heterocycles. The van der Waals surface area contributed by atoms with Gasteiger partial charge >= 0.3 is 0 Å². The number of aromatic amines is 1. The molecular formula is C22H26N4O3S. The van der Waals surface area contributed by atoms with Crippen molar-refractivity contribution in [1.82, 2.24) is 19.6 Å². The third-order valence-electron chi connectivity index (χ3n) is 5.47. The van der Waals surface area contributed by atoms with E-state index in [1.807, 2.05) is 38.1 Å². The van der Waals surface area contributed by atoms with Crippen molar-refractivity contribution >= 4 is 27.0 Å². The van der Waals surface area contributed by atoms with Crippen LogP contribution in [0.25, 0.3) is 11.0 Å².